The maximum Gasteiger partial charge on any atom is 0.307 e. The van der Waals surface area contributed by atoms with Crippen molar-refractivity contribution in [3.8, 4) is 0 Å². The van der Waals surface area contributed by atoms with E-state index in [9.17, 15) is 4.79 Å². The molecule has 0 amide bonds. The SMILES string of the molecule is CC(CSCc1nccn1C)C(=O)O. The molecule has 1 aromatic rings. The number of aromatic nitrogens is 2. The van der Waals surface area contributed by atoms with Crippen LogP contribution >= 0.6 is 11.8 Å². The second kappa shape index (κ2) is 5.05. The molecule has 0 aliphatic rings. The lowest BCUT2D eigenvalue weighted by molar-refractivity contribution is -0.140. The van der Waals surface area contributed by atoms with Gasteiger partial charge >= 0.3 is 5.97 Å². The van der Waals surface area contributed by atoms with Crippen LogP contribution in [-0.4, -0.2) is 26.4 Å². The van der Waals surface area contributed by atoms with Gasteiger partial charge in [0, 0.05) is 25.2 Å². The zero-order valence-corrected chi connectivity index (χ0v) is 9.12. The number of carboxylic acids is 1. The van der Waals surface area contributed by atoms with Crippen LogP contribution < -0.4 is 0 Å². The van der Waals surface area contributed by atoms with Gasteiger partial charge in [-0.2, -0.15) is 11.8 Å². The molecule has 1 heterocycles. The van der Waals surface area contributed by atoms with E-state index in [1.807, 2.05) is 17.8 Å². The van der Waals surface area contributed by atoms with Gasteiger partial charge in [0.15, 0.2) is 0 Å². The third kappa shape index (κ3) is 3.06. The van der Waals surface area contributed by atoms with Crippen LogP contribution in [0.15, 0.2) is 12.4 Å². The largest absolute Gasteiger partial charge is 0.481 e. The molecule has 1 aromatic heterocycles. The summed E-state index contributed by atoms with van der Waals surface area (Å²) in [6, 6.07) is 0. The molecule has 0 bridgehead atoms. The molecule has 0 aliphatic carbocycles. The van der Waals surface area contributed by atoms with E-state index in [2.05, 4.69) is 4.98 Å². The lowest BCUT2D eigenvalue weighted by atomic mass is 10.2. The van der Waals surface area contributed by atoms with Gasteiger partial charge in [0.2, 0.25) is 0 Å². The van der Waals surface area contributed by atoms with Crippen molar-refractivity contribution >= 4 is 17.7 Å². The quantitative estimate of drug-likeness (QED) is 0.804. The fourth-order valence-electron chi connectivity index (χ4n) is 0.934. The van der Waals surface area contributed by atoms with Gasteiger partial charge in [0.05, 0.1) is 11.7 Å². The zero-order valence-electron chi connectivity index (χ0n) is 8.30. The molecule has 14 heavy (non-hydrogen) atoms. The van der Waals surface area contributed by atoms with Crippen molar-refractivity contribution < 1.29 is 9.90 Å². The van der Waals surface area contributed by atoms with E-state index in [4.69, 9.17) is 5.11 Å². The highest BCUT2D eigenvalue weighted by Gasteiger charge is 2.10. The summed E-state index contributed by atoms with van der Waals surface area (Å²) in [5.74, 6) is 1.34. The molecule has 5 heteroatoms. The Labute approximate surface area is 87.3 Å². The Morgan fingerprint density at radius 3 is 3.00 bits per heavy atom. The highest BCUT2D eigenvalue weighted by molar-refractivity contribution is 7.98. The lowest BCUT2D eigenvalue weighted by Gasteiger charge is -2.05. The Morgan fingerprint density at radius 1 is 1.79 bits per heavy atom. The van der Waals surface area contributed by atoms with E-state index >= 15 is 0 Å². The molecule has 1 atom stereocenters. The van der Waals surface area contributed by atoms with Crippen LogP contribution in [0.4, 0.5) is 0 Å². The average molecular weight is 214 g/mol. The van der Waals surface area contributed by atoms with Gasteiger partial charge < -0.3 is 9.67 Å². The number of nitrogens with zero attached hydrogens (tertiary/aromatic N) is 2. The van der Waals surface area contributed by atoms with E-state index in [0.717, 1.165) is 11.6 Å². The number of hydrogen-bond acceptors (Lipinski definition) is 3. The van der Waals surface area contributed by atoms with Gasteiger partial charge in [-0.3, -0.25) is 4.79 Å². The Hall–Kier alpha value is -0.970. The maximum absolute atomic E-state index is 10.5. The van der Waals surface area contributed by atoms with Gasteiger partial charge in [0.25, 0.3) is 0 Å². The van der Waals surface area contributed by atoms with Crippen LogP contribution in [-0.2, 0) is 17.6 Å². The van der Waals surface area contributed by atoms with Gasteiger partial charge in [-0.1, -0.05) is 6.92 Å². The summed E-state index contributed by atoms with van der Waals surface area (Å²) in [6.07, 6.45) is 3.63. The molecule has 0 fully saturated rings. The highest BCUT2D eigenvalue weighted by Crippen LogP contribution is 2.13. The molecular weight excluding hydrogens is 200 g/mol. The molecule has 0 aromatic carbocycles. The van der Waals surface area contributed by atoms with Crippen molar-refractivity contribution in [2.45, 2.75) is 12.7 Å². The monoisotopic (exact) mass is 214 g/mol. The van der Waals surface area contributed by atoms with Crippen molar-refractivity contribution in [3.05, 3.63) is 18.2 Å². The summed E-state index contributed by atoms with van der Waals surface area (Å²) < 4.78 is 1.94. The van der Waals surface area contributed by atoms with E-state index < -0.39 is 5.97 Å². The van der Waals surface area contributed by atoms with Gasteiger partial charge in [0.1, 0.15) is 5.82 Å². The Kier molecular flexibility index (Phi) is 4.00. The van der Waals surface area contributed by atoms with Crippen molar-refractivity contribution in [2.24, 2.45) is 13.0 Å². The molecule has 4 nitrogen and oxygen atoms in total. The molecule has 1 N–H and O–H groups in total. The molecule has 78 valence electrons. The van der Waals surface area contributed by atoms with Crippen molar-refractivity contribution in [1.82, 2.24) is 9.55 Å². The Balaban J connectivity index is 2.29. The third-order valence-electron chi connectivity index (χ3n) is 1.94. The Bertz CT molecular complexity index is 312. The second-order valence-corrected chi connectivity index (χ2v) is 4.24. The summed E-state index contributed by atoms with van der Waals surface area (Å²) in [4.78, 5) is 14.7. The predicted octanol–water partition coefficient (Wildman–Crippen LogP) is 1.37. The number of carbonyl (C=O) groups is 1. The summed E-state index contributed by atoms with van der Waals surface area (Å²) >= 11 is 1.60. The molecule has 0 radical (unpaired) electrons. The third-order valence-corrected chi connectivity index (χ3v) is 3.14. The number of aliphatic carboxylic acids is 1. The van der Waals surface area contributed by atoms with Crippen LogP contribution in [0.5, 0.6) is 0 Å². The standard InChI is InChI=1S/C9H14N2O2S/c1-7(9(12)13)5-14-6-8-10-3-4-11(8)2/h3-4,7H,5-6H2,1-2H3,(H,12,13). The smallest absolute Gasteiger partial charge is 0.307 e. The normalized spacial score (nSPS) is 12.7. The predicted molar refractivity (Wildman–Crippen MR) is 56.2 cm³/mol. The Morgan fingerprint density at radius 2 is 2.50 bits per heavy atom. The maximum atomic E-state index is 10.5. The number of thioether (sulfide) groups is 1. The summed E-state index contributed by atoms with van der Waals surface area (Å²) in [5.41, 5.74) is 0. The minimum absolute atomic E-state index is 0.291. The molecule has 0 spiro atoms. The highest BCUT2D eigenvalue weighted by atomic mass is 32.2. The van der Waals surface area contributed by atoms with Crippen LogP contribution in [0, 0.1) is 5.92 Å². The zero-order chi connectivity index (χ0) is 10.6. The first-order valence-electron chi connectivity index (χ1n) is 4.38. The van der Waals surface area contributed by atoms with E-state index in [1.54, 1.807) is 24.9 Å². The number of aryl methyl sites for hydroxylation is 1. The van der Waals surface area contributed by atoms with E-state index in [1.165, 1.54) is 0 Å². The van der Waals surface area contributed by atoms with Crippen molar-refractivity contribution in [3.63, 3.8) is 0 Å². The molecular formula is C9H14N2O2S. The molecule has 0 saturated heterocycles. The summed E-state index contributed by atoms with van der Waals surface area (Å²) in [5, 5.41) is 8.66. The van der Waals surface area contributed by atoms with Crippen LogP contribution in [0.25, 0.3) is 0 Å². The van der Waals surface area contributed by atoms with Crippen LogP contribution in [0.2, 0.25) is 0 Å². The van der Waals surface area contributed by atoms with Crippen LogP contribution in [0.1, 0.15) is 12.7 Å². The van der Waals surface area contributed by atoms with Gasteiger partial charge in [-0.15, -0.1) is 0 Å². The number of carboxylic acid groups (broad SMARTS) is 1. The first-order chi connectivity index (χ1) is 6.61. The molecule has 0 saturated carbocycles. The van der Waals surface area contributed by atoms with Gasteiger partial charge in [-0.25, -0.2) is 4.98 Å². The van der Waals surface area contributed by atoms with E-state index in [0.29, 0.717) is 5.75 Å². The molecule has 1 unspecified atom stereocenters. The summed E-state index contributed by atoms with van der Waals surface area (Å²) in [7, 11) is 1.93. The second-order valence-electron chi connectivity index (χ2n) is 3.21. The van der Waals surface area contributed by atoms with Crippen molar-refractivity contribution in [2.75, 3.05) is 5.75 Å². The molecule has 0 aliphatic heterocycles. The fraction of sp³-hybridized carbons (Fsp3) is 0.556. The first kappa shape index (κ1) is 11.1. The number of rotatable bonds is 5. The van der Waals surface area contributed by atoms with E-state index in [-0.39, 0.29) is 5.92 Å². The molecule has 1 rings (SSSR count). The first-order valence-corrected chi connectivity index (χ1v) is 5.53. The lowest BCUT2D eigenvalue weighted by Crippen LogP contribution is -2.12. The topological polar surface area (TPSA) is 55.1 Å². The van der Waals surface area contributed by atoms with Crippen molar-refractivity contribution in [1.29, 1.82) is 0 Å². The minimum atomic E-state index is -0.739. The number of imidazole rings is 1. The van der Waals surface area contributed by atoms with Crippen LogP contribution in [0.3, 0.4) is 0 Å². The average Bonchev–Trinajstić information content (AvgIpc) is 2.51. The minimum Gasteiger partial charge on any atom is -0.481 e. The number of hydrogen-bond donors (Lipinski definition) is 1. The fourth-order valence-corrected chi connectivity index (χ4v) is 2.01. The summed E-state index contributed by atoms with van der Waals surface area (Å²) in [6.45, 7) is 1.72. The van der Waals surface area contributed by atoms with Gasteiger partial charge in [-0.05, 0) is 0 Å².